The molecule has 7 heteroatoms. The molecule has 0 amide bonds. The lowest BCUT2D eigenvalue weighted by molar-refractivity contribution is 0.0793. The predicted octanol–water partition coefficient (Wildman–Crippen LogP) is 3.29. The van der Waals surface area contributed by atoms with Crippen LogP contribution in [0.4, 0.5) is 0 Å². The van der Waals surface area contributed by atoms with E-state index in [-0.39, 0.29) is 27.9 Å². The van der Waals surface area contributed by atoms with Gasteiger partial charge < -0.3 is 32.4 Å². The number of benzene rings is 1. The van der Waals surface area contributed by atoms with Gasteiger partial charge in [0.25, 0.3) is 0 Å². The largest absolute Gasteiger partial charge is 0.412 e. The monoisotopic (exact) mass is 497 g/mol. The van der Waals surface area contributed by atoms with Crippen LogP contribution in [0.1, 0.15) is 64.9 Å². The second-order valence-corrected chi connectivity index (χ2v) is 10.9. The lowest BCUT2D eigenvalue weighted by atomic mass is 9.70. The molecule has 0 bridgehead atoms. The van der Waals surface area contributed by atoms with Gasteiger partial charge in [-0.15, -0.1) is 0 Å². The molecule has 1 heterocycles. The zero-order valence-electron chi connectivity index (χ0n) is 21.4. The van der Waals surface area contributed by atoms with E-state index in [2.05, 4.69) is 68.3 Å². The van der Waals surface area contributed by atoms with Crippen molar-refractivity contribution < 1.29 is 16.4 Å². The van der Waals surface area contributed by atoms with Crippen molar-refractivity contribution in [2.24, 2.45) is 17.1 Å². The molecule has 3 atom stereocenters. The molecule has 2 aliphatic rings. The maximum Gasteiger partial charge on any atom is 0.0406 e. The minimum atomic E-state index is 0. The molecular weight excluding hydrogens is 450 g/mol. The number of likely N-dealkylation sites (tertiary alicyclic amines) is 1. The molecule has 9 N–H and O–H groups in total. The minimum absolute atomic E-state index is 0. The summed E-state index contributed by atoms with van der Waals surface area (Å²) in [5, 5.41) is 4.65. The van der Waals surface area contributed by atoms with Gasteiger partial charge in [0, 0.05) is 30.2 Å². The molecule has 0 spiro atoms. The number of nitrogens with one attached hydrogen (secondary N) is 1. The highest BCUT2D eigenvalue weighted by molar-refractivity contribution is 6.30. The van der Waals surface area contributed by atoms with Crippen LogP contribution in [-0.2, 0) is 0 Å². The molecule has 196 valence electrons. The summed E-state index contributed by atoms with van der Waals surface area (Å²) in [4.78, 5) is 2.66. The average Bonchev–Trinajstić information content (AvgIpc) is 2.74. The third-order valence-corrected chi connectivity index (χ3v) is 7.41. The lowest BCUT2D eigenvalue weighted by Gasteiger charge is -2.46. The van der Waals surface area contributed by atoms with Crippen LogP contribution in [0.25, 0.3) is 0 Å². The van der Waals surface area contributed by atoms with Crippen molar-refractivity contribution in [3.63, 3.8) is 0 Å². The van der Waals surface area contributed by atoms with Gasteiger partial charge in [0.15, 0.2) is 0 Å². The standard InChI is InChI=1S/C27H42ClN3.3H2O/c1-20(2)26(30-16-14-25(29)22-8-6-5-7-9-22)18-31-17-15-24(27(3,4)19-31)21-10-12-23(28)13-11-21;;;/h6,8-13,20,24-26,30H,5,7,14-19,29H2,1-4H3;3*1H2/t24-,25?,26+;;;/m1.../s1. The first-order valence-corrected chi connectivity index (χ1v) is 12.5. The van der Waals surface area contributed by atoms with Gasteiger partial charge in [0.1, 0.15) is 0 Å². The van der Waals surface area contributed by atoms with Crippen LogP contribution in [0.5, 0.6) is 0 Å². The van der Waals surface area contributed by atoms with E-state index in [0.717, 1.165) is 50.5 Å². The van der Waals surface area contributed by atoms with Crippen LogP contribution >= 0.6 is 11.6 Å². The Morgan fingerprint density at radius 2 is 1.79 bits per heavy atom. The van der Waals surface area contributed by atoms with E-state index in [1.54, 1.807) is 0 Å². The summed E-state index contributed by atoms with van der Waals surface area (Å²) in [5.74, 6) is 1.18. The third-order valence-electron chi connectivity index (χ3n) is 7.15. The number of piperidine rings is 1. The van der Waals surface area contributed by atoms with E-state index in [1.807, 2.05) is 12.1 Å². The van der Waals surface area contributed by atoms with E-state index in [9.17, 15) is 0 Å². The summed E-state index contributed by atoms with van der Waals surface area (Å²) in [7, 11) is 0. The highest BCUT2D eigenvalue weighted by Gasteiger charge is 2.37. The first-order chi connectivity index (χ1) is 14.8. The average molecular weight is 498 g/mol. The molecule has 34 heavy (non-hydrogen) atoms. The predicted molar refractivity (Wildman–Crippen MR) is 146 cm³/mol. The summed E-state index contributed by atoms with van der Waals surface area (Å²) in [6.45, 7) is 13.8. The quantitative estimate of drug-likeness (QED) is 0.541. The van der Waals surface area contributed by atoms with Crippen molar-refractivity contribution in [1.29, 1.82) is 0 Å². The zero-order chi connectivity index (χ0) is 22.4. The number of allylic oxidation sites excluding steroid dienone is 2. The molecule has 1 unspecified atom stereocenters. The van der Waals surface area contributed by atoms with E-state index in [0.29, 0.717) is 17.9 Å². The molecule has 0 aromatic heterocycles. The molecule has 1 fully saturated rings. The highest BCUT2D eigenvalue weighted by atomic mass is 35.5. The fourth-order valence-corrected chi connectivity index (χ4v) is 5.35. The Morgan fingerprint density at radius 1 is 1.12 bits per heavy atom. The summed E-state index contributed by atoms with van der Waals surface area (Å²) in [6.07, 6.45) is 11.2. The fourth-order valence-electron chi connectivity index (χ4n) is 5.23. The maximum atomic E-state index is 6.43. The van der Waals surface area contributed by atoms with E-state index in [1.165, 1.54) is 17.6 Å². The summed E-state index contributed by atoms with van der Waals surface area (Å²) in [5.41, 5.74) is 9.41. The molecule has 1 aromatic rings. The number of halogens is 1. The maximum absolute atomic E-state index is 6.43. The fraction of sp³-hybridized carbons (Fsp3) is 0.630. The smallest absolute Gasteiger partial charge is 0.0406 e. The molecule has 0 saturated carbocycles. The Kier molecular flexibility index (Phi) is 14.4. The van der Waals surface area contributed by atoms with Gasteiger partial charge in [0.2, 0.25) is 0 Å². The molecule has 1 aliphatic heterocycles. The van der Waals surface area contributed by atoms with Gasteiger partial charge in [-0.25, -0.2) is 0 Å². The zero-order valence-corrected chi connectivity index (χ0v) is 22.2. The van der Waals surface area contributed by atoms with Gasteiger partial charge in [-0.05, 0) is 79.3 Å². The van der Waals surface area contributed by atoms with Crippen molar-refractivity contribution in [3.8, 4) is 0 Å². The summed E-state index contributed by atoms with van der Waals surface area (Å²) < 4.78 is 0. The second-order valence-electron chi connectivity index (χ2n) is 10.5. The highest BCUT2D eigenvalue weighted by Crippen LogP contribution is 2.42. The Hall–Kier alpha value is -1.25. The van der Waals surface area contributed by atoms with E-state index >= 15 is 0 Å². The SMILES string of the molecule is CC(C)[C@H](CN1CC[C@H](c2ccc(Cl)cc2)C(C)(C)C1)NCCC(N)C1=CCCC=C1.O.O.O. The molecule has 1 saturated heterocycles. The van der Waals surface area contributed by atoms with Crippen LogP contribution in [-0.4, -0.2) is 59.6 Å². The van der Waals surface area contributed by atoms with Crippen molar-refractivity contribution in [1.82, 2.24) is 10.2 Å². The topological polar surface area (TPSA) is 136 Å². The van der Waals surface area contributed by atoms with E-state index < -0.39 is 0 Å². The Bertz CT molecular complexity index is 765. The number of nitrogens with two attached hydrogens (primary N) is 1. The van der Waals surface area contributed by atoms with Crippen LogP contribution in [0, 0.1) is 11.3 Å². The molecule has 6 nitrogen and oxygen atoms in total. The van der Waals surface area contributed by atoms with Crippen molar-refractivity contribution >= 4 is 11.6 Å². The van der Waals surface area contributed by atoms with Crippen LogP contribution in [0.15, 0.2) is 48.1 Å². The van der Waals surface area contributed by atoms with E-state index in [4.69, 9.17) is 17.3 Å². The molecule has 3 rings (SSSR count). The normalized spacial score (nSPS) is 21.5. The number of hydrogen-bond donors (Lipinski definition) is 2. The van der Waals surface area contributed by atoms with Gasteiger partial charge >= 0.3 is 0 Å². The van der Waals surface area contributed by atoms with Crippen molar-refractivity contribution in [3.05, 3.63) is 58.7 Å². The van der Waals surface area contributed by atoms with Gasteiger partial charge in [0.05, 0.1) is 0 Å². The summed E-state index contributed by atoms with van der Waals surface area (Å²) >= 11 is 6.11. The molecule has 0 radical (unpaired) electrons. The first kappa shape index (κ1) is 32.8. The molecule has 1 aromatic carbocycles. The van der Waals surface area contributed by atoms with Crippen molar-refractivity contribution in [2.75, 3.05) is 26.2 Å². The van der Waals surface area contributed by atoms with Gasteiger partial charge in [-0.3, -0.25) is 0 Å². The third kappa shape index (κ3) is 9.08. The Labute approximate surface area is 211 Å². The van der Waals surface area contributed by atoms with Crippen LogP contribution in [0.3, 0.4) is 0 Å². The van der Waals surface area contributed by atoms with Crippen LogP contribution in [0.2, 0.25) is 5.02 Å². The van der Waals surface area contributed by atoms with Crippen LogP contribution < -0.4 is 11.1 Å². The van der Waals surface area contributed by atoms with Gasteiger partial charge in [-0.2, -0.15) is 0 Å². The number of nitrogens with zero attached hydrogens (tertiary/aromatic N) is 1. The first-order valence-electron chi connectivity index (χ1n) is 12.1. The van der Waals surface area contributed by atoms with Crippen molar-refractivity contribution in [2.45, 2.75) is 71.4 Å². The van der Waals surface area contributed by atoms with Gasteiger partial charge in [-0.1, -0.05) is 69.7 Å². The minimum Gasteiger partial charge on any atom is -0.412 e. The lowest BCUT2D eigenvalue weighted by Crippen LogP contribution is -2.51. The Balaban J connectivity index is 0.00000363. The molecular formula is C27H48ClN3O3. The molecule has 1 aliphatic carbocycles. The Morgan fingerprint density at radius 3 is 2.35 bits per heavy atom. The number of hydrogen-bond acceptors (Lipinski definition) is 3. The summed E-state index contributed by atoms with van der Waals surface area (Å²) in [6, 6.07) is 9.12. The second kappa shape index (κ2) is 15.0. The number of rotatable bonds is 9.